The zero-order valence-corrected chi connectivity index (χ0v) is 18.7. The van der Waals surface area contributed by atoms with E-state index in [1.165, 1.54) is 0 Å². The standard InChI is InChI=1S/C27H28N2O4/c1-31-25-16-20(13-14-24(25)33-18-21-10-7-15-32-21)26-28-23-12-6-5-11-22(23)27(30)29(26)17-19-8-3-2-4-9-19/h2-6,8-9,11-14,16,21,26,28H,7,10,15,17-18H2,1H3. The first kappa shape index (κ1) is 21.3. The molecule has 3 aromatic carbocycles. The van der Waals surface area contributed by atoms with E-state index in [1.807, 2.05) is 77.7 Å². The van der Waals surface area contributed by atoms with Crippen LogP contribution in [0.3, 0.4) is 0 Å². The smallest absolute Gasteiger partial charge is 0.258 e. The van der Waals surface area contributed by atoms with Gasteiger partial charge in [0.15, 0.2) is 11.5 Å². The van der Waals surface area contributed by atoms with Crippen LogP contribution in [0.1, 0.15) is 40.5 Å². The van der Waals surface area contributed by atoms with E-state index in [9.17, 15) is 4.79 Å². The van der Waals surface area contributed by atoms with Crippen molar-refractivity contribution in [3.63, 3.8) is 0 Å². The van der Waals surface area contributed by atoms with E-state index in [2.05, 4.69) is 5.32 Å². The van der Waals surface area contributed by atoms with E-state index in [-0.39, 0.29) is 18.2 Å². The molecule has 0 aliphatic carbocycles. The van der Waals surface area contributed by atoms with Crippen LogP contribution in [0.5, 0.6) is 11.5 Å². The highest BCUT2D eigenvalue weighted by Crippen LogP contribution is 2.37. The van der Waals surface area contributed by atoms with Gasteiger partial charge in [-0.25, -0.2) is 0 Å². The minimum Gasteiger partial charge on any atom is -0.493 e. The van der Waals surface area contributed by atoms with Crippen LogP contribution in [-0.2, 0) is 11.3 Å². The van der Waals surface area contributed by atoms with Crippen molar-refractivity contribution in [3.8, 4) is 11.5 Å². The largest absolute Gasteiger partial charge is 0.493 e. The molecule has 2 aliphatic rings. The van der Waals surface area contributed by atoms with Crippen LogP contribution in [0.2, 0.25) is 0 Å². The fourth-order valence-electron chi connectivity index (χ4n) is 4.43. The van der Waals surface area contributed by atoms with Crippen LogP contribution < -0.4 is 14.8 Å². The Morgan fingerprint density at radius 1 is 1.03 bits per heavy atom. The van der Waals surface area contributed by atoms with Crippen LogP contribution in [0, 0.1) is 0 Å². The Kier molecular flexibility index (Phi) is 6.17. The van der Waals surface area contributed by atoms with Gasteiger partial charge in [0.25, 0.3) is 5.91 Å². The van der Waals surface area contributed by atoms with Crippen LogP contribution in [0.4, 0.5) is 5.69 Å². The van der Waals surface area contributed by atoms with Crippen molar-refractivity contribution < 1.29 is 19.0 Å². The van der Waals surface area contributed by atoms with Crippen LogP contribution in [0.25, 0.3) is 0 Å². The average molecular weight is 445 g/mol. The van der Waals surface area contributed by atoms with Crippen molar-refractivity contribution in [1.82, 2.24) is 4.90 Å². The summed E-state index contributed by atoms with van der Waals surface area (Å²) in [6.07, 6.45) is 1.88. The lowest BCUT2D eigenvalue weighted by Gasteiger charge is -2.38. The monoisotopic (exact) mass is 444 g/mol. The molecular formula is C27H28N2O4. The lowest BCUT2D eigenvalue weighted by atomic mass is 10.0. The summed E-state index contributed by atoms with van der Waals surface area (Å²) in [6.45, 7) is 1.79. The predicted molar refractivity (Wildman–Crippen MR) is 127 cm³/mol. The number of fused-ring (bicyclic) bond motifs is 1. The number of methoxy groups -OCH3 is 1. The molecule has 0 spiro atoms. The highest BCUT2D eigenvalue weighted by Gasteiger charge is 2.33. The minimum atomic E-state index is -0.339. The lowest BCUT2D eigenvalue weighted by molar-refractivity contribution is 0.0659. The SMILES string of the molecule is COc1cc(C2Nc3ccccc3C(=O)N2Cc2ccccc2)ccc1OCC1CCCO1. The maximum absolute atomic E-state index is 13.5. The molecule has 2 unspecified atom stereocenters. The summed E-state index contributed by atoms with van der Waals surface area (Å²) < 4.78 is 17.3. The quantitative estimate of drug-likeness (QED) is 0.555. The number of hydrogen-bond donors (Lipinski definition) is 1. The molecule has 0 radical (unpaired) electrons. The Morgan fingerprint density at radius 3 is 2.64 bits per heavy atom. The van der Waals surface area contributed by atoms with Gasteiger partial charge in [-0.1, -0.05) is 48.5 Å². The molecule has 5 rings (SSSR count). The number of carbonyl (C=O) groups excluding carboxylic acids is 1. The van der Waals surface area contributed by atoms with Crippen molar-refractivity contribution in [2.75, 3.05) is 25.6 Å². The van der Waals surface area contributed by atoms with Gasteiger partial charge in [0.1, 0.15) is 12.8 Å². The van der Waals surface area contributed by atoms with Gasteiger partial charge in [-0.3, -0.25) is 4.79 Å². The minimum absolute atomic E-state index is 0.00382. The first-order valence-electron chi connectivity index (χ1n) is 11.4. The van der Waals surface area contributed by atoms with Gasteiger partial charge in [-0.15, -0.1) is 0 Å². The highest BCUT2D eigenvalue weighted by atomic mass is 16.5. The highest BCUT2D eigenvalue weighted by molar-refractivity contribution is 6.01. The number of carbonyl (C=O) groups is 1. The third-order valence-electron chi connectivity index (χ3n) is 6.17. The number of hydrogen-bond acceptors (Lipinski definition) is 5. The predicted octanol–water partition coefficient (Wildman–Crippen LogP) is 5.02. The van der Waals surface area contributed by atoms with E-state index in [0.717, 1.165) is 36.3 Å². The Bertz CT molecular complexity index is 1110. The summed E-state index contributed by atoms with van der Waals surface area (Å²) in [5.41, 5.74) is 3.50. The van der Waals surface area contributed by atoms with Crippen molar-refractivity contribution in [2.45, 2.75) is 31.7 Å². The number of anilines is 1. The molecular weight excluding hydrogens is 416 g/mol. The Morgan fingerprint density at radius 2 is 1.85 bits per heavy atom. The summed E-state index contributed by atoms with van der Waals surface area (Å²) in [4.78, 5) is 15.4. The van der Waals surface area contributed by atoms with Gasteiger partial charge in [-0.2, -0.15) is 0 Å². The number of nitrogens with one attached hydrogen (secondary N) is 1. The maximum Gasteiger partial charge on any atom is 0.258 e. The van der Waals surface area contributed by atoms with Crippen LogP contribution >= 0.6 is 0 Å². The second-order valence-corrected chi connectivity index (χ2v) is 8.37. The van der Waals surface area contributed by atoms with Crippen LogP contribution in [0.15, 0.2) is 72.8 Å². The third-order valence-corrected chi connectivity index (χ3v) is 6.17. The Hall–Kier alpha value is -3.51. The molecule has 6 heteroatoms. The van der Waals surface area contributed by atoms with E-state index >= 15 is 0 Å². The molecule has 2 aliphatic heterocycles. The first-order valence-corrected chi connectivity index (χ1v) is 11.4. The van der Waals surface area contributed by atoms with Gasteiger partial charge in [0.05, 0.1) is 18.8 Å². The molecule has 1 saturated heterocycles. The maximum atomic E-state index is 13.5. The first-order chi connectivity index (χ1) is 16.2. The Labute approximate surface area is 194 Å². The second kappa shape index (κ2) is 9.55. The zero-order chi connectivity index (χ0) is 22.6. The molecule has 0 saturated carbocycles. The van der Waals surface area contributed by atoms with Crippen molar-refractivity contribution in [3.05, 3.63) is 89.5 Å². The molecule has 1 N–H and O–H groups in total. The molecule has 2 atom stereocenters. The van der Waals surface area contributed by atoms with Crippen molar-refractivity contribution >= 4 is 11.6 Å². The fraction of sp³-hybridized carbons (Fsp3) is 0.296. The molecule has 170 valence electrons. The normalized spacial score (nSPS) is 19.7. The van der Waals surface area contributed by atoms with Crippen molar-refractivity contribution in [1.29, 1.82) is 0 Å². The van der Waals surface area contributed by atoms with Gasteiger partial charge in [0.2, 0.25) is 0 Å². The summed E-state index contributed by atoms with van der Waals surface area (Å²) in [7, 11) is 1.63. The number of rotatable bonds is 7. The number of benzene rings is 3. The molecule has 1 amide bonds. The Balaban J connectivity index is 1.45. The van der Waals surface area contributed by atoms with Gasteiger partial charge in [0, 0.05) is 18.8 Å². The van der Waals surface area contributed by atoms with E-state index in [1.54, 1.807) is 7.11 Å². The molecule has 1 fully saturated rings. The number of nitrogens with zero attached hydrogens (tertiary/aromatic N) is 1. The van der Waals surface area contributed by atoms with Crippen molar-refractivity contribution in [2.24, 2.45) is 0 Å². The number of para-hydroxylation sites is 1. The summed E-state index contributed by atoms with van der Waals surface area (Å²) in [5, 5.41) is 3.55. The summed E-state index contributed by atoms with van der Waals surface area (Å²) >= 11 is 0. The van der Waals surface area contributed by atoms with E-state index in [4.69, 9.17) is 14.2 Å². The second-order valence-electron chi connectivity index (χ2n) is 8.37. The van der Waals surface area contributed by atoms with Gasteiger partial charge < -0.3 is 24.4 Å². The fourth-order valence-corrected chi connectivity index (χ4v) is 4.43. The molecule has 2 heterocycles. The third kappa shape index (κ3) is 4.52. The molecule has 0 aromatic heterocycles. The van der Waals surface area contributed by atoms with E-state index in [0.29, 0.717) is 30.2 Å². The topological polar surface area (TPSA) is 60.0 Å². The number of amides is 1. The zero-order valence-electron chi connectivity index (χ0n) is 18.7. The molecule has 33 heavy (non-hydrogen) atoms. The molecule has 6 nitrogen and oxygen atoms in total. The molecule has 0 bridgehead atoms. The lowest BCUT2D eigenvalue weighted by Crippen LogP contribution is -2.42. The summed E-state index contributed by atoms with van der Waals surface area (Å²) in [5.74, 6) is 1.31. The average Bonchev–Trinajstić information content (AvgIpc) is 3.39. The number of ether oxygens (including phenoxy) is 3. The van der Waals surface area contributed by atoms with E-state index < -0.39 is 0 Å². The molecule has 3 aromatic rings. The van der Waals surface area contributed by atoms with Gasteiger partial charge >= 0.3 is 0 Å². The van der Waals surface area contributed by atoms with Gasteiger partial charge in [-0.05, 0) is 48.2 Å². The van der Waals surface area contributed by atoms with Crippen LogP contribution in [-0.4, -0.2) is 37.2 Å². The summed E-state index contributed by atoms with van der Waals surface area (Å²) in [6, 6.07) is 23.5.